The Labute approximate surface area is 216 Å². The third kappa shape index (κ3) is 7.80. The average molecular weight is 599 g/mol. The Morgan fingerprint density at radius 3 is 2.58 bits per heavy atom. The van der Waals surface area contributed by atoms with Gasteiger partial charge in [0.15, 0.2) is 18.1 Å². The first-order valence-corrected chi connectivity index (χ1v) is 11.8. The number of para-hydroxylation sites is 1. The van der Waals surface area contributed by atoms with Crippen molar-refractivity contribution in [3.8, 4) is 17.2 Å². The maximum Gasteiger partial charge on any atom is 0.277 e. The van der Waals surface area contributed by atoms with E-state index in [0.29, 0.717) is 33.9 Å². The van der Waals surface area contributed by atoms with Crippen molar-refractivity contribution in [3.63, 3.8) is 0 Å². The van der Waals surface area contributed by atoms with Crippen LogP contribution in [0.5, 0.6) is 17.2 Å². The van der Waals surface area contributed by atoms with Crippen LogP contribution in [0.25, 0.3) is 0 Å². The summed E-state index contributed by atoms with van der Waals surface area (Å²) in [6.07, 6.45) is 1.53. The molecule has 0 aliphatic heterocycles. The first kappa shape index (κ1) is 25.1. The molecule has 0 spiro atoms. The lowest BCUT2D eigenvalue weighted by molar-refractivity contribution is -0.123. The maximum absolute atomic E-state index is 12.0. The molecule has 172 valence electrons. The van der Waals surface area contributed by atoms with Gasteiger partial charge < -0.3 is 14.2 Å². The van der Waals surface area contributed by atoms with Gasteiger partial charge in [0.1, 0.15) is 12.4 Å². The number of hydrogen-bond donors (Lipinski definition) is 1. The highest BCUT2D eigenvalue weighted by molar-refractivity contribution is 14.1. The zero-order valence-electron chi connectivity index (χ0n) is 17.7. The number of carbonyl (C=O) groups is 1. The van der Waals surface area contributed by atoms with E-state index in [-0.39, 0.29) is 19.1 Å². The normalized spacial score (nSPS) is 10.8. The number of hydrogen-bond acceptors (Lipinski definition) is 5. The standard InChI is InChI=1S/C24H21Cl2IN2O4/c1-2-31-22-11-16(13-28-29-23(30)15-32-19-6-4-3-5-7-19)10-21(27)24(22)33-14-17-8-9-18(25)12-20(17)26/h3-13H,2,14-15H2,1H3,(H,29,30)/b28-13-. The zero-order chi connectivity index (χ0) is 23.6. The number of halogens is 3. The lowest BCUT2D eigenvalue weighted by Gasteiger charge is -2.15. The molecule has 9 heteroatoms. The molecule has 33 heavy (non-hydrogen) atoms. The summed E-state index contributed by atoms with van der Waals surface area (Å²) in [5.41, 5.74) is 4.00. The molecule has 3 aromatic carbocycles. The van der Waals surface area contributed by atoms with Gasteiger partial charge in [-0.05, 0) is 71.5 Å². The summed E-state index contributed by atoms with van der Waals surface area (Å²) < 4.78 is 18.0. The monoisotopic (exact) mass is 598 g/mol. The van der Waals surface area contributed by atoms with Crippen LogP contribution < -0.4 is 19.6 Å². The van der Waals surface area contributed by atoms with Crippen molar-refractivity contribution in [1.29, 1.82) is 0 Å². The fourth-order valence-corrected chi connectivity index (χ4v) is 3.97. The molecule has 6 nitrogen and oxygen atoms in total. The Kier molecular flexibility index (Phi) is 9.65. The van der Waals surface area contributed by atoms with Gasteiger partial charge in [0.25, 0.3) is 5.91 Å². The number of nitrogens with one attached hydrogen (secondary N) is 1. The van der Waals surface area contributed by atoms with E-state index < -0.39 is 0 Å². The van der Waals surface area contributed by atoms with Gasteiger partial charge in [-0.1, -0.05) is 47.5 Å². The highest BCUT2D eigenvalue weighted by Gasteiger charge is 2.13. The van der Waals surface area contributed by atoms with Crippen LogP contribution in [-0.2, 0) is 11.4 Å². The van der Waals surface area contributed by atoms with E-state index in [1.54, 1.807) is 30.3 Å². The zero-order valence-corrected chi connectivity index (χ0v) is 21.4. The number of benzene rings is 3. The number of nitrogens with zero attached hydrogens (tertiary/aromatic N) is 1. The largest absolute Gasteiger partial charge is 0.490 e. The summed E-state index contributed by atoms with van der Waals surface area (Å²) in [5.74, 6) is 1.41. The molecule has 0 saturated heterocycles. The number of carbonyl (C=O) groups excluding carboxylic acids is 1. The topological polar surface area (TPSA) is 69.2 Å². The molecule has 0 unspecified atom stereocenters. The molecule has 0 bridgehead atoms. The lowest BCUT2D eigenvalue weighted by atomic mass is 10.2. The Balaban J connectivity index is 1.63. The predicted molar refractivity (Wildman–Crippen MR) is 139 cm³/mol. The molecule has 0 aliphatic carbocycles. The minimum absolute atomic E-state index is 0.136. The first-order valence-electron chi connectivity index (χ1n) is 9.99. The second-order valence-electron chi connectivity index (χ2n) is 6.68. The number of ether oxygens (including phenoxy) is 3. The molecule has 1 amide bonds. The van der Waals surface area contributed by atoms with Crippen LogP contribution in [0.2, 0.25) is 10.0 Å². The van der Waals surface area contributed by atoms with Crippen molar-refractivity contribution in [3.05, 3.63) is 85.4 Å². The van der Waals surface area contributed by atoms with Crippen LogP contribution in [0.4, 0.5) is 0 Å². The summed E-state index contributed by atoms with van der Waals surface area (Å²) in [6, 6.07) is 18.0. The van der Waals surface area contributed by atoms with Gasteiger partial charge in [0.05, 0.1) is 16.4 Å². The maximum atomic E-state index is 12.0. The molecule has 0 radical (unpaired) electrons. The number of hydrazone groups is 1. The van der Waals surface area contributed by atoms with E-state index in [2.05, 4.69) is 33.1 Å². The molecule has 0 heterocycles. The van der Waals surface area contributed by atoms with Crippen molar-refractivity contribution in [2.75, 3.05) is 13.2 Å². The second kappa shape index (κ2) is 12.7. The molecule has 0 saturated carbocycles. The highest BCUT2D eigenvalue weighted by Crippen LogP contribution is 2.35. The van der Waals surface area contributed by atoms with E-state index in [4.69, 9.17) is 37.4 Å². The van der Waals surface area contributed by atoms with Gasteiger partial charge in [0.2, 0.25) is 0 Å². The van der Waals surface area contributed by atoms with Crippen molar-refractivity contribution in [2.24, 2.45) is 5.10 Å². The summed E-state index contributed by atoms with van der Waals surface area (Å²) in [5, 5.41) is 5.10. The fraction of sp³-hybridized carbons (Fsp3) is 0.167. The van der Waals surface area contributed by atoms with Crippen LogP contribution >= 0.6 is 45.8 Å². The first-order chi connectivity index (χ1) is 16.0. The third-order valence-electron chi connectivity index (χ3n) is 4.23. The molecule has 0 atom stereocenters. The smallest absolute Gasteiger partial charge is 0.277 e. The van der Waals surface area contributed by atoms with E-state index in [9.17, 15) is 4.79 Å². The molecule has 0 fully saturated rings. The molecular formula is C24H21Cl2IN2O4. The van der Waals surface area contributed by atoms with E-state index in [1.807, 2.05) is 37.3 Å². The molecule has 3 aromatic rings. The summed E-state index contributed by atoms with van der Waals surface area (Å²) >= 11 is 14.4. The van der Waals surface area contributed by atoms with Gasteiger partial charge >= 0.3 is 0 Å². The highest BCUT2D eigenvalue weighted by atomic mass is 127. The summed E-state index contributed by atoms with van der Waals surface area (Å²) in [6.45, 7) is 2.48. The van der Waals surface area contributed by atoms with Crippen molar-refractivity contribution >= 4 is 57.9 Å². The minimum Gasteiger partial charge on any atom is -0.490 e. The summed E-state index contributed by atoms with van der Waals surface area (Å²) in [4.78, 5) is 12.0. The molecule has 1 N–H and O–H groups in total. The minimum atomic E-state index is -0.366. The van der Waals surface area contributed by atoms with Crippen LogP contribution in [-0.4, -0.2) is 25.3 Å². The van der Waals surface area contributed by atoms with Crippen LogP contribution in [0.3, 0.4) is 0 Å². The van der Waals surface area contributed by atoms with Gasteiger partial charge in [0, 0.05) is 15.6 Å². The SMILES string of the molecule is CCOc1cc(/C=N\NC(=O)COc2ccccc2)cc(I)c1OCc1ccc(Cl)cc1Cl. The number of amides is 1. The Morgan fingerprint density at radius 2 is 1.85 bits per heavy atom. The van der Waals surface area contributed by atoms with Crippen molar-refractivity contribution < 1.29 is 19.0 Å². The van der Waals surface area contributed by atoms with Gasteiger partial charge in [-0.15, -0.1) is 0 Å². The quantitative estimate of drug-likeness (QED) is 0.174. The third-order valence-corrected chi connectivity index (χ3v) is 5.62. The second-order valence-corrected chi connectivity index (χ2v) is 8.69. The molecule has 0 aliphatic rings. The van der Waals surface area contributed by atoms with Crippen LogP contribution in [0, 0.1) is 3.57 Å². The molecule has 0 aromatic heterocycles. The Bertz CT molecular complexity index is 1130. The summed E-state index contributed by atoms with van der Waals surface area (Å²) in [7, 11) is 0. The predicted octanol–water partition coefficient (Wildman–Crippen LogP) is 6.10. The van der Waals surface area contributed by atoms with E-state index in [0.717, 1.165) is 14.7 Å². The van der Waals surface area contributed by atoms with Gasteiger partial charge in [-0.25, -0.2) is 5.43 Å². The number of rotatable bonds is 10. The van der Waals surface area contributed by atoms with Crippen LogP contribution in [0.15, 0.2) is 65.8 Å². The van der Waals surface area contributed by atoms with Gasteiger partial charge in [-0.2, -0.15) is 5.10 Å². The van der Waals surface area contributed by atoms with E-state index >= 15 is 0 Å². The fourth-order valence-electron chi connectivity index (χ4n) is 2.73. The Hall–Kier alpha value is -2.49. The van der Waals surface area contributed by atoms with E-state index in [1.165, 1.54) is 6.21 Å². The van der Waals surface area contributed by atoms with Crippen LogP contribution in [0.1, 0.15) is 18.1 Å². The van der Waals surface area contributed by atoms with Crippen molar-refractivity contribution in [1.82, 2.24) is 5.43 Å². The van der Waals surface area contributed by atoms with Gasteiger partial charge in [-0.3, -0.25) is 4.79 Å². The molecular weight excluding hydrogens is 578 g/mol. The average Bonchev–Trinajstić information content (AvgIpc) is 2.79. The molecule has 3 rings (SSSR count). The lowest BCUT2D eigenvalue weighted by Crippen LogP contribution is -2.24. The van der Waals surface area contributed by atoms with Crippen molar-refractivity contribution in [2.45, 2.75) is 13.5 Å². The Morgan fingerprint density at radius 1 is 1.06 bits per heavy atom.